The highest BCUT2D eigenvalue weighted by atomic mass is 16.5. The Morgan fingerprint density at radius 3 is 2.65 bits per heavy atom. The quantitative estimate of drug-likeness (QED) is 0.869. The van der Waals surface area contributed by atoms with E-state index in [1.165, 1.54) is 11.1 Å². The fraction of sp³-hybridized carbons (Fsp3) is 0.579. The van der Waals surface area contributed by atoms with E-state index in [0.29, 0.717) is 5.56 Å². The van der Waals surface area contributed by atoms with Crippen LogP contribution in [-0.4, -0.2) is 24.5 Å². The maximum Gasteiger partial charge on any atom is 0.338 e. The Morgan fingerprint density at radius 1 is 1.13 bits per heavy atom. The summed E-state index contributed by atoms with van der Waals surface area (Å²) in [5.74, 6) is 0.145. The van der Waals surface area contributed by atoms with Crippen LogP contribution in [0.1, 0.15) is 60.5 Å². The Morgan fingerprint density at radius 2 is 1.87 bits per heavy atom. The zero-order valence-electron chi connectivity index (χ0n) is 13.8. The lowest BCUT2D eigenvalue weighted by atomic mass is 9.87. The molecule has 1 fully saturated rings. The van der Waals surface area contributed by atoms with Crippen LogP contribution in [0, 0.1) is 5.92 Å². The van der Waals surface area contributed by atoms with Gasteiger partial charge in [-0.25, -0.2) is 4.79 Å². The number of rotatable bonds is 4. The number of carbonyl (C=O) groups is 2. The van der Waals surface area contributed by atoms with E-state index in [0.717, 1.165) is 50.9 Å². The summed E-state index contributed by atoms with van der Waals surface area (Å²) in [6, 6.07) is 5.94. The molecule has 0 atom stereocenters. The summed E-state index contributed by atoms with van der Waals surface area (Å²) >= 11 is 0. The van der Waals surface area contributed by atoms with Crippen molar-refractivity contribution in [2.75, 3.05) is 6.61 Å². The predicted octanol–water partition coefficient (Wildman–Crippen LogP) is 3.03. The smallest absolute Gasteiger partial charge is 0.338 e. The molecule has 0 heterocycles. The topological polar surface area (TPSA) is 55.4 Å². The number of benzene rings is 1. The molecule has 3 rings (SSSR count). The lowest BCUT2D eigenvalue weighted by Crippen LogP contribution is -2.39. The van der Waals surface area contributed by atoms with Gasteiger partial charge in [-0.05, 0) is 74.1 Å². The number of ether oxygens (including phenoxy) is 1. The van der Waals surface area contributed by atoms with Crippen molar-refractivity contribution < 1.29 is 14.3 Å². The minimum atomic E-state index is -0.410. The molecular weight excluding hydrogens is 290 g/mol. The zero-order valence-corrected chi connectivity index (χ0v) is 13.8. The van der Waals surface area contributed by atoms with Crippen LogP contribution in [0.5, 0.6) is 0 Å². The molecule has 4 heteroatoms. The lowest BCUT2D eigenvalue weighted by Gasteiger charge is -2.26. The molecule has 1 N–H and O–H groups in total. The molecule has 1 amide bonds. The molecule has 2 aliphatic carbocycles. The minimum Gasteiger partial charge on any atom is -0.452 e. The van der Waals surface area contributed by atoms with E-state index in [4.69, 9.17) is 4.74 Å². The van der Waals surface area contributed by atoms with E-state index in [1.54, 1.807) is 6.07 Å². The average Bonchev–Trinajstić information content (AvgIpc) is 3.02. The van der Waals surface area contributed by atoms with Gasteiger partial charge >= 0.3 is 5.97 Å². The maximum atomic E-state index is 12.1. The largest absolute Gasteiger partial charge is 0.452 e. The first-order valence-electron chi connectivity index (χ1n) is 8.70. The predicted molar refractivity (Wildman–Crippen MR) is 88.3 cm³/mol. The number of fused-ring (bicyclic) bond motifs is 1. The van der Waals surface area contributed by atoms with Gasteiger partial charge in [0.05, 0.1) is 5.56 Å². The lowest BCUT2D eigenvalue weighted by molar-refractivity contribution is -0.125. The molecule has 23 heavy (non-hydrogen) atoms. The summed E-state index contributed by atoms with van der Waals surface area (Å²) in [7, 11) is 0. The van der Waals surface area contributed by atoms with Crippen LogP contribution in [0.3, 0.4) is 0 Å². The number of carbonyl (C=O) groups excluding carboxylic acids is 2. The molecule has 1 aromatic rings. The van der Waals surface area contributed by atoms with Crippen molar-refractivity contribution in [3.8, 4) is 0 Å². The first kappa shape index (κ1) is 16.0. The van der Waals surface area contributed by atoms with Gasteiger partial charge < -0.3 is 10.1 Å². The Kier molecular flexibility index (Phi) is 4.99. The van der Waals surface area contributed by atoms with E-state index in [1.807, 2.05) is 12.1 Å². The van der Waals surface area contributed by atoms with Crippen molar-refractivity contribution in [3.63, 3.8) is 0 Å². The van der Waals surface area contributed by atoms with Gasteiger partial charge in [-0.15, -0.1) is 0 Å². The summed E-state index contributed by atoms with van der Waals surface area (Å²) < 4.78 is 5.16. The van der Waals surface area contributed by atoms with Gasteiger partial charge in [0.15, 0.2) is 6.61 Å². The Hall–Kier alpha value is -1.84. The molecule has 0 aliphatic heterocycles. The normalized spacial score (nSPS) is 23.2. The van der Waals surface area contributed by atoms with Gasteiger partial charge in [0.1, 0.15) is 0 Å². The maximum absolute atomic E-state index is 12.1. The molecular formula is C19H25NO3. The molecule has 1 saturated carbocycles. The Bertz CT molecular complexity index is 588. The van der Waals surface area contributed by atoms with E-state index < -0.39 is 5.97 Å². The number of esters is 1. The van der Waals surface area contributed by atoms with Crippen LogP contribution in [0.25, 0.3) is 0 Å². The summed E-state index contributed by atoms with van der Waals surface area (Å²) in [5, 5.41) is 2.97. The van der Waals surface area contributed by atoms with Crippen LogP contribution in [-0.2, 0) is 22.4 Å². The molecule has 2 aliphatic rings. The second-order valence-electron chi connectivity index (χ2n) is 6.94. The third kappa shape index (κ3) is 4.12. The molecule has 0 bridgehead atoms. The van der Waals surface area contributed by atoms with E-state index in [2.05, 4.69) is 12.2 Å². The SMILES string of the molecule is CC1CCC(NC(=O)COC(=O)c2ccc3c(c2)CCC3)CC1. The second-order valence-corrected chi connectivity index (χ2v) is 6.94. The number of hydrogen-bond donors (Lipinski definition) is 1. The Labute approximate surface area is 137 Å². The highest BCUT2D eigenvalue weighted by Crippen LogP contribution is 2.24. The highest BCUT2D eigenvalue weighted by Gasteiger charge is 2.20. The average molecular weight is 315 g/mol. The Balaban J connectivity index is 1.46. The van der Waals surface area contributed by atoms with E-state index in [-0.39, 0.29) is 18.6 Å². The van der Waals surface area contributed by atoms with Crippen LogP contribution in [0.2, 0.25) is 0 Å². The molecule has 0 aromatic heterocycles. The zero-order chi connectivity index (χ0) is 16.2. The molecule has 0 radical (unpaired) electrons. The molecule has 4 nitrogen and oxygen atoms in total. The third-order valence-corrected chi connectivity index (χ3v) is 5.05. The van der Waals surface area contributed by atoms with Gasteiger partial charge in [0, 0.05) is 6.04 Å². The van der Waals surface area contributed by atoms with Crippen LogP contribution < -0.4 is 5.32 Å². The molecule has 124 valence electrons. The second kappa shape index (κ2) is 7.16. The summed E-state index contributed by atoms with van der Waals surface area (Å²) in [6.45, 7) is 2.05. The highest BCUT2D eigenvalue weighted by molar-refractivity contribution is 5.91. The van der Waals surface area contributed by atoms with E-state index in [9.17, 15) is 9.59 Å². The van der Waals surface area contributed by atoms with Gasteiger partial charge in [0.25, 0.3) is 5.91 Å². The van der Waals surface area contributed by atoms with Gasteiger partial charge in [-0.1, -0.05) is 13.0 Å². The van der Waals surface area contributed by atoms with Crippen molar-refractivity contribution in [1.82, 2.24) is 5.32 Å². The van der Waals surface area contributed by atoms with Crippen molar-refractivity contribution in [3.05, 3.63) is 34.9 Å². The fourth-order valence-electron chi connectivity index (χ4n) is 3.59. The van der Waals surface area contributed by atoms with Crippen LogP contribution in [0.15, 0.2) is 18.2 Å². The first-order valence-corrected chi connectivity index (χ1v) is 8.70. The fourth-order valence-corrected chi connectivity index (χ4v) is 3.59. The van der Waals surface area contributed by atoms with Crippen molar-refractivity contribution in [2.24, 2.45) is 5.92 Å². The number of hydrogen-bond acceptors (Lipinski definition) is 3. The number of amides is 1. The summed E-state index contributed by atoms with van der Waals surface area (Å²) in [4.78, 5) is 24.0. The van der Waals surface area contributed by atoms with Crippen LogP contribution in [0.4, 0.5) is 0 Å². The number of nitrogens with one attached hydrogen (secondary N) is 1. The third-order valence-electron chi connectivity index (χ3n) is 5.05. The standard InChI is InChI=1S/C19H25NO3/c1-13-5-9-17(10-6-13)20-18(21)12-23-19(22)16-8-7-14-3-2-4-15(14)11-16/h7-8,11,13,17H,2-6,9-10,12H2,1H3,(H,20,21). The molecule has 0 saturated heterocycles. The minimum absolute atomic E-state index is 0.192. The summed E-state index contributed by atoms with van der Waals surface area (Å²) in [6.07, 6.45) is 7.61. The number of aryl methyl sites for hydroxylation is 2. The van der Waals surface area contributed by atoms with Crippen molar-refractivity contribution in [1.29, 1.82) is 0 Å². The van der Waals surface area contributed by atoms with Crippen molar-refractivity contribution >= 4 is 11.9 Å². The van der Waals surface area contributed by atoms with Crippen molar-refractivity contribution in [2.45, 2.75) is 57.9 Å². The monoisotopic (exact) mass is 315 g/mol. The molecule has 1 aromatic carbocycles. The van der Waals surface area contributed by atoms with Gasteiger partial charge in [-0.3, -0.25) is 4.79 Å². The molecule has 0 spiro atoms. The summed E-state index contributed by atoms with van der Waals surface area (Å²) in [5.41, 5.74) is 3.11. The molecule has 0 unspecified atom stereocenters. The van der Waals surface area contributed by atoms with Crippen LogP contribution >= 0.6 is 0 Å². The van der Waals surface area contributed by atoms with Gasteiger partial charge in [0.2, 0.25) is 0 Å². The first-order chi connectivity index (χ1) is 11.1. The van der Waals surface area contributed by atoms with Gasteiger partial charge in [-0.2, -0.15) is 0 Å². The van der Waals surface area contributed by atoms with E-state index >= 15 is 0 Å².